The maximum atomic E-state index is 11.3. The molecule has 0 heterocycles. The van der Waals surface area contributed by atoms with E-state index >= 15 is 0 Å². The Balaban J connectivity index is 4.13. The van der Waals surface area contributed by atoms with E-state index in [4.69, 9.17) is 5.11 Å². The lowest BCUT2D eigenvalue weighted by Crippen LogP contribution is -2.28. The molecule has 0 unspecified atom stereocenters. The summed E-state index contributed by atoms with van der Waals surface area (Å²) >= 11 is 0. The minimum absolute atomic E-state index is 0.132. The van der Waals surface area contributed by atoms with Crippen molar-refractivity contribution in [3.05, 3.63) is 0 Å². The fourth-order valence-corrected chi connectivity index (χ4v) is 1.14. The van der Waals surface area contributed by atoms with Gasteiger partial charge in [-0.05, 0) is 26.2 Å². The standard InChI is InChI=1S/C9H18O3/c1-4-9(2,6-5-7-10)8(11)12-3/h10H,4-7H2,1-3H3/t9-/m1/s1. The Morgan fingerprint density at radius 1 is 1.58 bits per heavy atom. The highest BCUT2D eigenvalue weighted by molar-refractivity contribution is 5.76. The van der Waals surface area contributed by atoms with Crippen molar-refractivity contribution in [3.63, 3.8) is 0 Å². The Morgan fingerprint density at radius 3 is 2.50 bits per heavy atom. The number of methoxy groups -OCH3 is 1. The molecule has 0 amide bonds. The number of aliphatic hydroxyl groups is 1. The van der Waals surface area contributed by atoms with Crippen molar-refractivity contribution in [1.29, 1.82) is 0 Å². The van der Waals surface area contributed by atoms with Gasteiger partial charge in [0.15, 0.2) is 0 Å². The van der Waals surface area contributed by atoms with Crippen molar-refractivity contribution in [1.82, 2.24) is 0 Å². The molecule has 0 saturated heterocycles. The van der Waals surface area contributed by atoms with Gasteiger partial charge in [0.25, 0.3) is 0 Å². The van der Waals surface area contributed by atoms with Crippen LogP contribution in [0.1, 0.15) is 33.1 Å². The van der Waals surface area contributed by atoms with Crippen LogP contribution in [0.3, 0.4) is 0 Å². The number of ether oxygens (including phenoxy) is 1. The van der Waals surface area contributed by atoms with Crippen LogP contribution in [0, 0.1) is 5.41 Å². The fraction of sp³-hybridized carbons (Fsp3) is 0.889. The van der Waals surface area contributed by atoms with Gasteiger partial charge < -0.3 is 9.84 Å². The first-order chi connectivity index (χ1) is 5.60. The van der Waals surface area contributed by atoms with E-state index in [9.17, 15) is 4.79 Å². The van der Waals surface area contributed by atoms with Gasteiger partial charge in [0.2, 0.25) is 0 Å². The lowest BCUT2D eigenvalue weighted by Gasteiger charge is -2.24. The predicted octanol–water partition coefficient (Wildman–Crippen LogP) is 1.35. The lowest BCUT2D eigenvalue weighted by atomic mass is 9.83. The molecule has 0 bridgehead atoms. The van der Waals surface area contributed by atoms with Gasteiger partial charge >= 0.3 is 5.97 Å². The van der Waals surface area contributed by atoms with Crippen molar-refractivity contribution in [2.45, 2.75) is 33.1 Å². The highest BCUT2D eigenvalue weighted by Gasteiger charge is 2.31. The van der Waals surface area contributed by atoms with Crippen molar-refractivity contribution in [2.75, 3.05) is 13.7 Å². The molecular weight excluding hydrogens is 156 g/mol. The zero-order valence-corrected chi connectivity index (χ0v) is 8.09. The SMILES string of the molecule is CC[C@](C)(CCCO)C(=O)OC. The third kappa shape index (κ3) is 2.81. The molecule has 12 heavy (non-hydrogen) atoms. The van der Waals surface area contributed by atoms with E-state index in [1.165, 1.54) is 7.11 Å². The molecule has 0 spiro atoms. The van der Waals surface area contributed by atoms with Crippen LogP contribution in [0.15, 0.2) is 0 Å². The third-order valence-electron chi connectivity index (χ3n) is 2.35. The summed E-state index contributed by atoms with van der Waals surface area (Å²) in [7, 11) is 1.40. The average molecular weight is 174 g/mol. The molecule has 3 heteroatoms. The summed E-state index contributed by atoms with van der Waals surface area (Å²) in [4.78, 5) is 11.3. The molecule has 72 valence electrons. The van der Waals surface area contributed by atoms with Crippen LogP contribution in [0.25, 0.3) is 0 Å². The van der Waals surface area contributed by atoms with Gasteiger partial charge in [0.05, 0.1) is 12.5 Å². The summed E-state index contributed by atoms with van der Waals surface area (Å²) in [6.45, 7) is 3.95. The van der Waals surface area contributed by atoms with Gasteiger partial charge in [-0.25, -0.2) is 0 Å². The van der Waals surface area contributed by atoms with Gasteiger partial charge in [-0.15, -0.1) is 0 Å². The van der Waals surface area contributed by atoms with Crippen molar-refractivity contribution < 1.29 is 14.6 Å². The second-order valence-electron chi connectivity index (χ2n) is 3.23. The monoisotopic (exact) mass is 174 g/mol. The normalized spacial score (nSPS) is 15.3. The summed E-state index contributed by atoms with van der Waals surface area (Å²) in [6, 6.07) is 0. The zero-order valence-electron chi connectivity index (χ0n) is 8.09. The maximum absolute atomic E-state index is 11.3. The number of rotatable bonds is 5. The third-order valence-corrected chi connectivity index (χ3v) is 2.35. The Hall–Kier alpha value is -0.570. The van der Waals surface area contributed by atoms with Crippen LogP contribution in [0.5, 0.6) is 0 Å². The molecule has 0 aliphatic heterocycles. The fourth-order valence-electron chi connectivity index (χ4n) is 1.14. The quantitative estimate of drug-likeness (QED) is 0.640. The summed E-state index contributed by atoms with van der Waals surface area (Å²) in [5.74, 6) is -0.182. The van der Waals surface area contributed by atoms with Crippen LogP contribution in [0.2, 0.25) is 0 Å². The van der Waals surface area contributed by atoms with E-state index in [1.54, 1.807) is 0 Å². The summed E-state index contributed by atoms with van der Waals surface area (Å²) in [5.41, 5.74) is -0.419. The summed E-state index contributed by atoms with van der Waals surface area (Å²) < 4.78 is 4.68. The van der Waals surface area contributed by atoms with E-state index in [0.29, 0.717) is 12.8 Å². The van der Waals surface area contributed by atoms with Crippen LogP contribution in [-0.4, -0.2) is 24.8 Å². The largest absolute Gasteiger partial charge is 0.469 e. The van der Waals surface area contributed by atoms with Gasteiger partial charge in [-0.2, -0.15) is 0 Å². The molecule has 0 aliphatic rings. The number of carbonyl (C=O) groups excluding carboxylic acids is 1. The van der Waals surface area contributed by atoms with Crippen LogP contribution in [-0.2, 0) is 9.53 Å². The van der Waals surface area contributed by atoms with E-state index in [0.717, 1.165) is 6.42 Å². The molecular formula is C9H18O3. The predicted molar refractivity (Wildman–Crippen MR) is 46.7 cm³/mol. The van der Waals surface area contributed by atoms with E-state index in [2.05, 4.69) is 4.74 Å². The molecule has 1 N–H and O–H groups in total. The minimum atomic E-state index is -0.419. The molecule has 0 saturated carbocycles. The molecule has 0 fully saturated rings. The van der Waals surface area contributed by atoms with E-state index in [-0.39, 0.29) is 12.6 Å². The van der Waals surface area contributed by atoms with E-state index in [1.807, 2.05) is 13.8 Å². The van der Waals surface area contributed by atoms with Gasteiger partial charge in [-0.1, -0.05) is 6.92 Å². The molecule has 0 aromatic carbocycles. The second-order valence-corrected chi connectivity index (χ2v) is 3.23. The van der Waals surface area contributed by atoms with Crippen molar-refractivity contribution in [3.8, 4) is 0 Å². The van der Waals surface area contributed by atoms with Gasteiger partial charge in [-0.3, -0.25) is 4.79 Å². The van der Waals surface area contributed by atoms with Crippen LogP contribution >= 0.6 is 0 Å². The van der Waals surface area contributed by atoms with Gasteiger partial charge in [0, 0.05) is 6.61 Å². The topological polar surface area (TPSA) is 46.5 Å². The molecule has 1 atom stereocenters. The average Bonchev–Trinajstić information content (AvgIpc) is 2.12. The first-order valence-electron chi connectivity index (χ1n) is 4.30. The van der Waals surface area contributed by atoms with Crippen molar-refractivity contribution in [2.24, 2.45) is 5.41 Å². The number of aliphatic hydroxyl groups excluding tert-OH is 1. The maximum Gasteiger partial charge on any atom is 0.311 e. The minimum Gasteiger partial charge on any atom is -0.469 e. The molecule has 0 aromatic rings. The number of esters is 1. The Morgan fingerprint density at radius 2 is 2.17 bits per heavy atom. The zero-order chi connectivity index (χ0) is 9.61. The Kier molecular flexibility index (Phi) is 4.90. The number of carbonyl (C=O) groups is 1. The molecule has 0 aromatic heterocycles. The molecule has 3 nitrogen and oxygen atoms in total. The van der Waals surface area contributed by atoms with Gasteiger partial charge in [0.1, 0.15) is 0 Å². The Labute approximate surface area is 73.7 Å². The van der Waals surface area contributed by atoms with Crippen molar-refractivity contribution >= 4 is 5.97 Å². The summed E-state index contributed by atoms with van der Waals surface area (Å²) in [6.07, 6.45) is 2.09. The highest BCUT2D eigenvalue weighted by atomic mass is 16.5. The highest BCUT2D eigenvalue weighted by Crippen LogP contribution is 2.28. The lowest BCUT2D eigenvalue weighted by molar-refractivity contribution is -0.152. The second kappa shape index (κ2) is 5.14. The van der Waals surface area contributed by atoms with Crippen LogP contribution in [0.4, 0.5) is 0 Å². The number of hydrogen-bond acceptors (Lipinski definition) is 3. The van der Waals surface area contributed by atoms with E-state index < -0.39 is 5.41 Å². The summed E-state index contributed by atoms with van der Waals surface area (Å²) in [5, 5.41) is 8.63. The first-order valence-corrected chi connectivity index (χ1v) is 4.30. The first kappa shape index (κ1) is 11.4. The molecule has 0 rings (SSSR count). The number of hydrogen-bond donors (Lipinski definition) is 1. The molecule has 0 aliphatic carbocycles. The Bertz CT molecular complexity index is 145. The molecule has 0 radical (unpaired) electrons. The smallest absolute Gasteiger partial charge is 0.311 e. The van der Waals surface area contributed by atoms with Crippen LogP contribution < -0.4 is 0 Å².